The van der Waals surface area contributed by atoms with Gasteiger partial charge in [-0.15, -0.1) is 0 Å². The summed E-state index contributed by atoms with van der Waals surface area (Å²) < 4.78 is 5.70. The van der Waals surface area contributed by atoms with Gasteiger partial charge >= 0.3 is 0 Å². The van der Waals surface area contributed by atoms with Crippen LogP contribution in [0.2, 0.25) is 0 Å². The van der Waals surface area contributed by atoms with Crippen molar-refractivity contribution in [1.82, 2.24) is 0 Å². The first-order chi connectivity index (χ1) is 8.74. The van der Waals surface area contributed by atoms with Crippen LogP contribution in [-0.2, 0) is 10.1 Å². The summed E-state index contributed by atoms with van der Waals surface area (Å²) in [5.74, 6) is 0. The summed E-state index contributed by atoms with van der Waals surface area (Å²) in [4.78, 5) is 2.49. The number of anilines is 1. The Hall–Kier alpha value is -0.540. The summed E-state index contributed by atoms with van der Waals surface area (Å²) >= 11 is 3.51. The topological polar surface area (TPSA) is 12.5 Å². The van der Waals surface area contributed by atoms with Gasteiger partial charge in [-0.2, -0.15) is 0 Å². The lowest BCUT2D eigenvalue weighted by atomic mass is 10.0. The normalized spacial score (nSPS) is 17.2. The Labute approximate surface area is 118 Å². The molecule has 0 saturated carbocycles. The lowest BCUT2D eigenvalue weighted by Gasteiger charge is -2.34. The van der Waals surface area contributed by atoms with Crippen molar-refractivity contribution in [2.75, 3.05) is 24.6 Å². The molecule has 0 bridgehead atoms. The maximum atomic E-state index is 5.70. The highest BCUT2D eigenvalue weighted by atomic mass is 79.9. The summed E-state index contributed by atoms with van der Waals surface area (Å²) in [6.45, 7) is 7.34. The Kier molecular flexibility index (Phi) is 5.07. The van der Waals surface area contributed by atoms with E-state index in [0.717, 1.165) is 37.9 Å². The van der Waals surface area contributed by atoms with E-state index in [9.17, 15) is 0 Å². The van der Waals surface area contributed by atoms with Crippen molar-refractivity contribution < 1.29 is 4.74 Å². The van der Waals surface area contributed by atoms with Crippen LogP contribution in [0.5, 0.6) is 0 Å². The Bertz CT molecular complexity index is 386. The number of hydrogen-bond donors (Lipinski definition) is 0. The van der Waals surface area contributed by atoms with E-state index < -0.39 is 0 Å². The van der Waals surface area contributed by atoms with Crippen LogP contribution in [0, 0.1) is 6.92 Å². The van der Waals surface area contributed by atoms with Gasteiger partial charge in [0.25, 0.3) is 0 Å². The molecule has 0 N–H and O–H groups in total. The number of nitrogens with zero attached hydrogens (tertiary/aromatic N) is 1. The molecular weight excluding hydrogens is 290 g/mol. The molecule has 0 amide bonds. The Morgan fingerprint density at radius 3 is 2.61 bits per heavy atom. The molecule has 100 valence electrons. The molecule has 0 aliphatic carbocycles. The van der Waals surface area contributed by atoms with E-state index >= 15 is 0 Å². The minimum absolute atomic E-state index is 0.466. The zero-order valence-electron chi connectivity index (χ0n) is 11.3. The third kappa shape index (κ3) is 3.27. The second-order valence-corrected chi connectivity index (χ2v) is 5.46. The number of benzene rings is 1. The molecule has 3 heteroatoms. The van der Waals surface area contributed by atoms with Gasteiger partial charge in [0.05, 0.1) is 6.10 Å². The first-order valence-electron chi connectivity index (χ1n) is 6.76. The van der Waals surface area contributed by atoms with Gasteiger partial charge in [0.15, 0.2) is 0 Å². The van der Waals surface area contributed by atoms with Crippen LogP contribution in [0.1, 0.15) is 30.9 Å². The molecule has 2 nitrogen and oxygen atoms in total. The van der Waals surface area contributed by atoms with E-state index in [1.54, 1.807) is 0 Å². The summed E-state index contributed by atoms with van der Waals surface area (Å²) in [5.41, 5.74) is 4.11. The molecule has 1 aromatic carbocycles. The summed E-state index contributed by atoms with van der Waals surface area (Å²) in [7, 11) is 0. The van der Waals surface area contributed by atoms with E-state index in [1.807, 2.05) is 0 Å². The molecule has 1 heterocycles. The zero-order valence-corrected chi connectivity index (χ0v) is 12.9. The van der Waals surface area contributed by atoms with Gasteiger partial charge in [0, 0.05) is 30.7 Å². The van der Waals surface area contributed by atoms with E-state index in [-0.39, 0.29) is 0 Å². The average molecular weight is 312 g/mol. The third-order valence-corrected chi connectivity index (χ3v) is 4.25. The van der Waals surface area contributed by atoms with Crippen molar-refractivity contribution in [2.45, 2.75) is 38.1 Å². The van der Waals surface area contributed by atoms with Crippen molar-refractivity contribution in [3.05, 3.63) is 29.3 Å². The fourth-order valence-electron chi connectivity index (χ4n) is 2.65. The fraction of sp³-hybridized carbons (Fsp3) is 0.600. The van der Waals surface area contributed by atoms with Crippen LogP contribution in [-0.4, -0.2) is 25.8 Å². The number of ether oxygens (including phenoxy) is 1. The van der Waals surface area contributed by atoms with E-state index in [4.69, 9.17) is 4.74 Å². The SMILES string of the molecule is CCOC1CCN(c2ccc(CBr)cc2C)CC1. The standard InChI is InChI=1S/C15H22BrNO/c1-3-18-14-6-8-17(9-7-14)15-5-4-13(11-16)10-12(15)2/h4-5,10,14H,3,6-9,11H2,1-2H3. The number of halogens is 1. The molecule has 0 aromatic heterocycles. The Balaban J connectivity index is 2.01. The van der Waals surface area contributed by atoms with E-state index in [0.29, 0.717) is 6.10 Å². The molecule has 0 atom stereocenters. The highest BCUT2D eigenvalue weighted by Crippen LogP contribution is 2.26. The monoisotopic (exact) mass is 311 g/mol. The maximum absolute atomic E-state index is 5.70. The molecule has 2 rings (SSSR count). The van der Waals surface area contributed by atoms with Crippen LogP contribution in [0.15, 0.2) is 18.2 Å². The van der Waals surface area contributed by atoms with E-state index in [2.05, 4.69) is 52.9 Å². The van der Waals surface area contributed by atoms with Crippen molar-refractivity contribution in [3.8, 4) is 0 Å². The van der Waals surface area contributed by atoms with Crippen LogP contribution < -0.4 is 4.90 Å². The quantitative estimate of drug-likeness (QED) is 0.782. The first-order valence-corrected chi connectivity index (χ1v) is 7.88. The van der Waals surface area contributed by atoms with Gasteiger partial charge in [-0.1, -0.05) is 28.1 Å². The maximum Gasteiger partial charge on any atom is 0.0608 e. The number of piperidine rings is 1. The minimum atomic E-state index is 0.466. The number of rotatable bonds is 4. The smallest absolute Gasteiger partial charge is 0.0608 e. The molecule has 0 spiro atoms. The molecule has 0 unspecified atom stereocenters. The van der Waals surface area contributed by atoms with Gasteiger partial charge < -0.3 is 9.64 Å². The fourth-order valence-corrected chi connectivity index (χ4v) is 3.00. The van der Waals surface area contributed by atoms with Crippen LogP contribution in [0.25, 0.3) is 0 Å². The molecule has 1 saturated heterocycles. The lowest BCUT2D eigenvalue weighted by Crippen LogP contribution is -2.37. The van der Waals surface area contributed by atoms with Crippen molar-refractivity contribution in [2.24, 2.45) is 0 Å². The molecule has 1 aromatic rings. The van der Waals surface area contributed by atoms with Gasteiger partial charge in [-0.05, 0) is 43.9 Å². The number of hydrogen-bond acceptors (Lipinski definition) is 2. The van der Waals surface area contributed by atoms with Crippen LogP contribution in [0.3, 0.4) is 0 Å². The zero-order chi connectivity index (χ0) is 13.0. The minimum Gasteiger partial charge on any atom is -0.378 e. The summed E-state index contributed by atoms with van der Waals surface area (Å²) in [6.07, 6.45) is 2.76. The third-order valence-electron chi connectivity index (χ3n) is 3.60. The molecule has 1 aliphatic rings. The van der Waals surface area contributed by atoms with Crippen molar-refractivity contribution >= 4 is 21.6 Å². The average Bonchev–Trinajstić information content (AvgIpc) is 2.40. The number of alkyl halides is 1. The van der Waals surface area contributed by atoms with Crippen molar-refractivity contribution in [3.63, 3.8) is 0 Å². The molecule has 1 fully saturated rings. The predicted molar refractivity (Wildman–Crippen MR) is 80.7 cm³/mol. The highest BCUT2D eigenvalue weighted by molar-refractivity contribution is 9.08. The Morgan fingerprint density at radius 1 is 1.33 bits per heavy atom. The number of aryl methyl sites for hydroxylation is 1. The Morgan fingerprint density at radius 2 is 2.06 bits per heavy atom. The summed E-state index contributed by atoms with van der Waals surface area (Å²) in [5, 5.41) is 0.931. The van der Waals surface area contributed by atoms with Gasteiger partial charge in [-0.25, -0.2) is 0 Å². The molecule has 18 heavy (non-hydrogen) atoms. The van der Waals surface area contributed by atoms with Gasteiger partial charge in [0.2, 0.25) is 0 Å². The molecule has 1 aliphatic heterocycles. The molecular formula is C15H22BrNO. The van der Waals surface area contributed by atoms with Crippen LogP contribution in [0.4, 0.5) is 5.69 Å². The van der Waals surface area contributed by atoms with E-state index in [1.165, 1.54) is 16.8 Å². The second-order valence-electron chi connectivity index (χ2n) is 4.90. The predicted octanol–water partition coefficient (Wildman–Crippen LogP) is 3.90. The second kappa shape index (κ2) is 6.58. The summed E-state index contributed by atoms with van der Waals surface area (Å²) in [6, 6.07) is 6.75. The van der Waals surface area contributed by atoms with Crippen molar-refractivity contribution in [1.29, 1.82) is 0 Å². The van der Waals surface area contributed by atoms with Gasteiger partial charge in [-0.3, -0.25) is 0 Å². The molecule has 0 radical (unpaired) electrons. The first kappa shape index (κ1) is 13.9. The lowest BCUT2D eigenvalue weighted by molar-refractivity contribution is 0.0459. The highest BCUT2D eigenvalue weighted by Gasteiger charge is 2.20. The largest absolute Gasteiger partial charge is 0.378 e. The van der Waals surface area contributed by atoms with Crippen LogP contribution >= 0.6 is 15.9 Å². The van der Waals surface area contributed by atoms with Gasteiger partial charge in [0.1, 0.15) is 0 Å².